The van der Waals surface area contributed by atoms with Gasteiger partial charge in [0.15, 0.2) is 0 Å². The van der Waals surface area contributed by atoms with E-state index in [-0.39, 0.29) is 0 Å². The molecule has 3 atom stereocenters. The van der Waals surface area contributed by atoms with Gasteiger partial charge in [-0.15, -0.1) is 0 Å². The fraction of sp³-hybridized carbons (Fsp3) is 0.429. The lowest BCUT2D eigenvalue weighted by Crippen LogP contribution is -2.35. The Morgan fingerprint density at radius 1 is 1.08 bits per heavy atom. The Labute approximate surface area is 148 Å². The van der Waals surface area contributed by atoms with Crippen molar-refractivity contribution < 1.29 is 9.47 Å². The fourth-order valence-corrected chi connectivity index (χ4v) is 4.05. The third-order valence-electron chi connectivity index (χ3n) is 5.89. The lowest BCUT2D eigenvalue weighted by atomic mass is 9.83. The van der Waals surface area contributed by atoms with Crippen molar-refractivity contribution in [2.24, 2.45) is 11.7 Å². The summed E-state index contributed by atoms with van der Waals surface area (Å²) in [5, 5.41) is 3.24. The molecule has 0 saturated heterocycles. The van der Waals surface area contributed by atoms with Gasteiger partial charge in [-0.1, -0.05) is 12.1 Å². The minimum absolute atomic E-state index is 0.449. The van der Waals surface area contributed by atoms with Crippen LogP contribution in [0.4, 0.5) is 0 Å². The molecule has 1 aliphatic carbocycles. The van der Waals surface area contributed by atoms with E-state index in [4.69, 9.17) is 15.2 Å². The molecule has 1 saturated carbocycles. The van der Waals surface area contributed by atoms with Crippen molar-refractivity contribution in [1.82, 2.24) is 5.32 Å². The van der Waals surface area contributed by atoms with E-state index in [1.54, 1.807) is 0 Å². The molecular formula is C21H24N2O2. The Morgan fingerprint density at radius 3 is 2.68 bits per heavy atom. The lowest BCUT2D eigenvalue weighted by molar-refractivity contribution is 0.257. The van der Waals surface area contributed by atoms with E-state index in [2.05, 4.69) is 42.6 Å². The van der Waals surface area contributed by atoms with E-state index in [0.717, 1.165) is 41.5 Å². The first-order valence-corrected chi connectivity index (χ1v) is 9.17. The molecular weight excluding hydrogens is 312 g/mol. The molecule has 2 heterocycles. The van der Waals surface area contributed by atoms with Crippen LogP contribution in [0.25, 0.3) is 0 Å². The van der Waals surface area contributed by atoms with Crippen LogP contribution in [0.5, 0.6) is 11.5 Å². The number of aryl methyl sites for hydroxylation is 1. The largest absolute Gasteiger partial charge is 0.490 e. The van der Waals surface area contributed by atoms with Gasteiger partial charge in [0.2, 0.25) is 0 Å². The molecule has 3 unspecified atom stereocenters. The number of fused-ring (bicyclic) bond motifs is 3. The molecule has 1 fully saturated rings. The van der Waals surface area contributed by atoms with E-state index in [1.807, 2.05) is 6.07 Å². The van der Waals surface area contributed by atoms with Crippen LogP contribution < -0.4 is 20.5 Å². The third-order valence-corrected chi connectivity index (χ3v) is 5.89. The van der Waals surface area contributed by atoms with Crippen LogP contribution in [0.3, 0.4) is 0 Å². The molecule has 3 aliphatic rings. The zero-order chi connectivity index (χ0) is 17.0. The highest BCUT2D eigenvalue weighted by Gasteiger charge is 2.41. The molecule has 25 heavy (non-hydrogen) atoms. The number of rotatable bonds is 2. The Morgan fingerprint density at radius 2 is 1.84 bits per heavy atom. The van der Waals surface area contributed by atoms with Gasteiger partial charge in [-0.3, -0.25) is 5.32 Å². The van der Waals surface area contributed by atoms with Gasteiger partial charge >= 0.3 is 0 Å². The van der Waals surface area contributed by atoms with Gasteiger partial charge in [0.1, 0.15) is 24.3 Å². The summed E-state index contributed by atoms with van der Waals surface area (Å²) in [7, 11) is 0. The molecule has 0 radical (unpaired) electrons. The molecule has 0 spiro atoms. The quantitative estimate of drug-likeness (QED) is 0.885. The van der Waals surface area contributed by atoms with Gasteiger partial charge in [-0.05, 0) is 73.1 Å². The minimum atomic E-state index is -0.545. The topological polar surface area (TPSA) is 56.5 Å². The summed E-state index contributed by atoms with van der Waals surface area (Å²) < 4.78 is 11.7. The fourth-order valence-electron chi connectivity index (χ4n) is 4.05. The Hall–Kier alpha value is -2.04. The number of hydrogen-bond acceptors (Lipinski definition) is 4. The van der Waals surface area contributed by atoms with Gasteiger partial charge in [-0.25, -0.2) is 0 Å². The maximum Gasteiger partial charge on any atom is 0.139 e. The summed E-state index contributed by atoms with van der Waals surface area (Å²) in [5.74, 6) is 2.76. The SMILES string of the molecule is CC(N)(c1ccc2c(c1)CNCO2)c1ccc2c(c1)CCC1CC1O2. The average Bonchev–Trinajstić information content (AvgIpc) is 3.39. The lowest BCUT2D eigenvalue weighted by Gasteiger charge is -2.29. The highest BCUT2D eigenvalue weighted by atomic mass is 16.5. The van der Waals surface area contributed by atoms with Crippen LogP contribution in [0.1, 0.15) is 42.0 Å². The average molecular weight is 336 g/mol. The monoisotopic (exact) mass is 336 g/mol. The maximum absolute atomic E-state index is 6.80. The van der Waals surface area contributed by atoms with Crippen LogP contribution in [-0.2, 0) is 18.5 Å². The molecule has 0 amide bonds. The van der Waals surface area contributed by atoms with Gasteiger partial charge < -0.3 is 15.2 Å². The molecule has 4 nitrogen and oxygen atoms in total. The second kappa shape index (κ2) is 5.48. The van der Waals surface area contributed by atoms with E-state index >= 15 is 0 Å². The van der Waals surface area contributed by atoms with Gasteiger partial charge in [0, 0.05) is 12.1 Å². The number of hydrogen-bond donors (Lipinski definition) is 2. The number of ether oxygens (including phenoxy) is 2. The summed E-state index contributed by atoms with van der Waals surface area (Å²) in [6.45, 7) is 3.47. The van der Waals surface area contributed by atoms with E-state index in [1.165, 1.54) is 24.0 Å². The molecule has 2 aromatic rings. The van der Waals surface area contributed by atoms with Crippen LogP contribution in [0.2, 0.25) is 0 Å². The number of nitrogens with two attached hydrogens (primary N) is 1. The number of nitrogens with one attached hydrogen (secondary N) is 1. The Balaban J connectivity index is 1.50. The maximum atomic E-state index is 6.80. The summed E-state index contributed by atoms with van der Waals surface area (Å²) in [5.41, 5.74) is 11.0. The van der Waals surface area contributed by atoms with Crippen molar-refractivity contribution in [3.05, 3.63) is 58.7 Å². The predicted molar refractivity (Wildman–Crippen MR) is 96.7 cm³/mol. The summed E-state index contributed by atoms with van der Waals surface area (Å²) in [6.07, 6.45) is 3.98. The summed E-state index contributed by atoms with van der Waals surface area (Å²) in [6, 6.07) is 12.8. The Bertz CT molecular complexity index is 831. The first-order valence-electron chi connectivity index (χ1n) is 9.17. The highest BCUT2D eigenvalue weighted by molar-refractivity contribution is 5.48. The Kier molecular flexibility index (Phi) is 3.34. The van der Waals surface area contributed by atoms with E-state index < -0.39 is 5.54 Å². The van der Waals surface area contributed by atoms with Crippen LogP contribution in [0.15, 0.2) is 36.4 Å². The van der Waals surface area contributed by atoms with Crippen molar-refractivity contribution in [3.63, 3.8) is 0 Å². The zero-order valence-electron chi connectivity index (χ0n) is 14.5. The van der Waals surface area contributed by atoms with Crippen LogP contribution in [0, 0.1) is 5.92 Å². The first kappa shape index (κ1) is 15.2. The third kappa shape index (κ3) is 2.60. The molecule has 4 heteroatoms. The van der Waals surface area contributed by atoms with Crippen molar-refractivity contribution in [1.29, 1.82) is 0 Å². The van der Waals surface area contributed by atoms with Crippen molar-refractivity contribution in [2.45, 2.75) is 44.4 Å². The molecule has 0 bridgehead atoms. The van der Waals surface area contributed by atoms with E-state index in [9.17, 15) is 0 Å². The minimum Gasteiger partial charge on any atom is -0.490 e. The first-order chi connectivity index (χ1) is 12.1. The normalized spacial score (nSPS) is 26.0. The van der Waals surface area contributed by atoms with Crippen molar-refractivity contribution in [2.75, 3.05) is 6.73 Å². The second-order valence-corrected chi connectivity index (χ2v) is 7.75. The highest BCUT2D eigenvalue weighted by Crippen LogP contribution is 2.44. The van der Waals surface area contributed by atoms with Gasteiger partial charge in [0.25, 0.3) is 0 Å². The summed E-state index contributed by atoms with van der Waals surface area (Å²) in [4.78, 5) is 0. The van der Waals surface area contributed by atoms with E-state index in [0.29, 0.717) is 12.8 Å². The van der Waals surface area contributed by atoms with Gasteiger partial charge in [0.05, 0.1) is 5.54 Å². The van der Waals surface area contributed by atoms with Gasteiger partial charge in [-0.2, -0.15) is 0 Å². The predicted octanol–water partition coefficient (Wildman–Crippen LogP) is 3.06. The van der Waals surface area contributed by atoms with Crippen LogP contribution in [-0.4, -0.2) is 12.8 Å². The standard InChI is InChI=1S/C21H24N2O2/c1-21(22,17-4-6-18-15(9-17)11-23-12-24-18)16-5-7-19-13(8-16)2-3-14-10-20(14)25-19/h4-9,14,20,23H,2-3,10-12,22H2,1H3. The van der Waals surface area contributed by atoms with Crippen molar-refractivity contribution >= 4 is 0 Å². The summed E-state index contributed by atoms with van der Waals surface area (Å²) >= 11 is 0. The number of benzene rings is 2. The zero-order valence-corrected chi connectivity index (χ0v) is 14.5. The molecule has 2 aliphatic heterocycles. The van der Waals surface area contributed by atoms with Crippen molar-refractivity contribution in [3.8, 4) is 11.5 Å². The molecule has 2 aromatic carbocycles. The van der Waals surface area contributed by atoms with Crippen LogP contribution >= 0.6 is 0 Å². The molecule has 3 N–H and O–H groups in total. The molecule has 130 valence electrons. The molecule has 0 aromatic heterocycles. The second-order valence-electron chi connectivity index (χ2n) is 7.75. The smallest absolute Gasteiger partial charge is 0.139 e. The molecule has 5 rings (SSSR count).